The molecule has 0 saturated carbocycles. The topological polar surface area (TPSA) is 33.1 Å². The molecule has 106 valence electrons. The summed E-state index contributed by atoms with van der Waals surface area (Å²) >= 11 is 1.59. The van der Waals surface area contributed by atoms with Crippen LogP contribution in [0.5, 0.6) is 0 Å². The molecule has 0 saturated heterocycles. The van der Waals surface area contributed by atoms with E-state index in [-0.39, 0.29) is 5.41 Å². The van der Waals surface area contributed by atoms with Crippen LogP contribution in [0.2, 0.25) is 0 Å². The van der Waals surface area contributed by atoms with Gasteiger partial charge < -0.3 is 5.11 Å². The van der Waals surface area contributed by atoms with Crippen molar-refractivity contribution < 1.29 is 5.11 Å². The van der Waals surface area contributed by atoms with Gasteiger partial charge >= 0.3 is 0 Å². The number of aromatic nitrogens is 1. The molecule has 1 N–H and O–H groups in total. The van der Waals surface area contributed by atoms with Crippen molar-refractivity contribution in [3.8, 4) is 0 Å². The summed E-state index contributed by atoms with van der Waals surface area (Å²) in [4.78, 5) is 5.51. The summed E-state index contributed by atoms with van der Waals surface area (Å²) in [6.45, 7) is 8.39. The predicted octanol–water partition coefficient (Wildman–Crippen LogP) is 4.58. The van der Waals surface area contributed by atoms with E-state index in [9.17, 15) is 5.11 Å². The van der Waals surface area contributed by atoms with Gasteiger partial charge in [-0.1, -0.05) is 50.7 Å². The Morgan fingerprint density at radius 3 is 2.30 bits per heavy atom. The summed E-state index contributed by atoms with van der Waals surface area (Å²) in [7, 11) is 0. The van der Waals surface area contributed by atoms with Crippen LogP contribution in [0, 0.1) is 0 Å². The molecule has 0 amide bonds. The van der Waals surface area contributed by atoms with E-state index >= 15 is 0 Å². The van der Waals surface area contributed by atoms with Crippen LogP contribution in [-0.4, -0.2) is 10.1 Å². The van der Waals surface area contributed by atoms with Crippen LogP contribution in [0.3, 0.4) is 0 Å². The van der Waals surface area contributed by atoms with E-state index in [1.54, 1.807) is 24.9 Å². The standard InChI is InChI=1S/C17H21NOS/c1-12(19)15-6-5-11-18-16(15)20-14-9-7-13(8-10-14)17(2,3)4/h5-12,19H,1-4H3/t12-/m0/s1. The maximum Gasteiger partial charge on any atom is 0.106 e. The fraction of sp³-hybridized carbons (Fsp3) is 0.353. The molecular weight excluding hydrogens is 266 g/mol. The minimum absolute atomic E-state index is 0.166. The minimum atomic E-state index is -0.500. The highest BCUT2D eigenvalue weighted by Gasteiger charge is 2.14. The summed E-state index contributed by atoms with van der Waals surface area (Å²) in [6, 6.07) is 12.3. The number of rotatable bonds is 3. The zero-order chi connectivity index (χ0) is 14.8. The van der Waals surface area contributed by atoms with Crippen LogP contribution < -0.4 is 0 Å². The van der Waals surface area contributed by atoms with Crippen molar-refractivity contribution in [1.82, 2.24) is 4.98 Å². The molecule has 2 rings (SSSR count). The van der Waals surface area contributed by atoms with Gasteiger partial charge in [0.05, 0.1) is 6.10 Å². The lowest BCUT2D eigenvalue weighted by atomic mass is 9.87. The smallest absolute Gasteiger partial charge is 0.106 e. The molecule has 0 aliphatic carbocycles. The number of aliphatic hydroxyl groups excluding tert-OH is 1. The second-order valence-electron chi connectivity index (χ2n) is 5.95. The van der Waals surface area contributed by atoms with Gasteiger partial charge in [0.2, 0.25) is 0 Å². The third kappa shape index (κ3) is 3.62. The van der Waals surface area contributed by atoms with Crippen LogP contribution in [0.25, 0.3) is 0 Å². The molecule has 1 atom stereocenters. The summed E-state index contributed by atoms with van der Waals surface area (Å²) in [5.41, 5.74) is 2.36. The van der Waals surface area contributed by atoms with Crippen molar-refractivity contribution in [2.75, 3.05) is 0 Å². The van der Waals surface area contributed by atoms with Gasteiger partial charge in [0.25, 0.3) is 0 Å². The fourth-order valence-electron chi connectivity index (χ4n) is 1.94. The largest absolute Gasteiger partial charge is 0.389 e. The number of hydrogen-bond donors (Lipinski definition) is 1. The van der Waals surface area contributed by atoms with E-state index in [4.69, 9.17) is 0 Å². The number of hydrogen-bond acceptors (Lipinski definition) is 3. The Morgan fingerprint density at radius 1 is 1.10 bits per heavy atom. The Labute approximate surface area is 125 Å². The summed E-state index contributed by atoms with van der Waals surface area (Å²) < 4.78 is 0. The van der Waals surface area contributed by atoms with E-state index < -0.39 is 6.10 Å². The molecule has 3 heteroatoms. The lowest BCUT2D eigenvalue weighted by Gasteiger charge is -2.19. The zero-order valence-corrected chi connectivity index (χ0v) is 13.2. The van der Waals surface area contributed by atoms with Crippen molar-refractivity contribution in [2.24, 2.45) is 0 Å². The first-order chi connectivity index (χ1) is 9.38. The molecule has 0 aliphatic heterocycles. The molecule has 0 bridgehead atoms. The molecule has 0 aliphatic rings. The predicted molar refractivity (Wildman–Crippen MR) is 84.1 cm³/mol. The number of benzene rings is 1. The van der Waals surface area contributed by atoms with Gasteiger partial charge in [0, 0.05) is 16.7 Å². The van der Waals surface area contributed by atoms with Gasteiger partial charge in [-0.2, -0.15) is 0 Å². The lowest BCUT2D eigenvalue weighted by Crippen LogP contribution is -2.10. The highest BCUT2D eigenvalue weighted by Crippen LogP contribution is 2.32. The van der Waals surface area contributed by atoms with Crippen molar-refractivity contribution in [2.45, 2.75) is 49.1 Å². The molecule has 1 aromatic carbocycles. The Balaban J connectivity index is 2.23. The maximum absolute atomic E-state index is 9.78. The lowest BCUT2D eigenvalue weighted by molar-refractivity contribution is 0.195. The van der Waals surface area contributed by atoms with Crippen LogP contribution in [0.1, 0.15) is 44.9 Å². The van der Waals surface area contributed by atoms with Gasteiger partial charge in [-0.3, -0.25) is 0 Å². The molecule has 2 aromatic rings. The quantitative estimate of drug-likeness (QED) is 0.896. The molecule has 1 aromatic heterocycles. The first kappa shape index (κ1) is 15.1. The van der Waals surface area contributed by atoms with E-state index in [0.29, 0.717) is 0 Å². The Kier molecular flexibility index (Phi) is 4.51. The Bertz CT molecular complexity index is 570. The first-order valence-corrected chi connectivity index (χ1v) is 7.61. The van der Waals surface area contributed by atoms with Crippen molar-refractivity contribution in [3.63, 3.8) is 0 Å². The average Bonchev–Trinajstić information content (AvgIpc) is 2.38. The second kappa shape index (κ2) is 5.98. The van der Waals surface area contributed by atoms with E-state index in [1.807, 2.05) is 12.1 Å². The highest BCUT2D eigenvalue weighted by atomic mass is 32.2. The van der Waals surface area contributed by atoms with Crippen molar-refractivity contribution >= 4 is 11.8 Å². The number of nitrogens with zero attached hydrogens (tertiary/aromatic N) is 1. The van der Waals surface area contributed by atoms with Gasteiger partial charge in [-0.05, 0) is 36.1 Å². The molecule has 1 heterocycles. The molecule has 0 radical (unpaired) electrons. The number of pyridine rings is 1. The van der Waals surface area contributed by atoms with Gasteiger partial charge in [-0.15, -0.1) is 0 Å². The monoisotopic (exact) mass is 287 g/mol. The van der Waals surface area contributed by atoms with E-state index in [1.165, 1.54) is 5.56 Å². The van der Waals surface area contributed by atoms with Crippen LogP contribution in [0.4, 0.5) is 0 Å². The first-order valence-electron chi connectivity index (χ1n) is 6.79. The number of aliphatic hydroxyl groups is 1. The normalized spacial score (nSPS) is 13.2. The van der Waals surface area contributed by atoms with Gasteiger partial charge in [0.1, 0.15) is 5.03 Å². The highest BCUT2D eigenvalue weighted by molar-refractivity contribution is 7.99. The molecule has 20 heavy (non-hydrogen) atoms. The summed E-state index contributed by atoms with van der Waals surface area (Å²) in [5.74, 6) is 0. The third-order valence-corrected chi connectivity index (χ3v) is 4.23. The minimum Gasteiger partial charge on any atom is -0.389 e. The SMILES string of the molecule is C[C@H](O)c1cccnc1Sc1ccc(C(C)(C)C)cc1. The second-order valence-corrected chi connectivity index (χ2v) is 7.01. The summed E-state index contributed by atoms with van der Waals surface area (Å²) in [5, 5.41) is 10.6. The average molecular weight is 287 g/mol. The van der Waals surface area contributed by atoms with Gasteiger partial charge in [0.15, 0.2) is 0 Å². The molecular formula is C17H21NOS. The van der Waals surface area contributed by atoms with E-state index in [2.05, 4.69) is 50.0 Å². The molecule has 0 unspecified atom stereocenters. The van der Waals surface area contributed by atoms with Crippen LogP contribution >= 0.6 is 11.8 Å². The molecule has 0 spiro atoms. The Hall–Kier alpha value is -1.32. The third-order valence-electron chi connectivity index (χ3n) is 3.19. The van der Waals surface area contributed by atoms with Crippen molar-refractivity contribution in [3.05, 3.63) is 53.7 Å². The van der Waals surface area contributed by atoms with Crippen molar-refractivity contribution in [1.29, 1.82) is 0 Å². The van der Waals surface area contributed by atoms with Crippen LogP contribution in [-0.2, 0) is 5.41 Å². The van der Waals surface area contributed by atoms with E-state index in [0.717, 1.165) is 15.5 Å². The summed E-state index contributed by atoms with van der Waals surface area (Å²) in [6.07, 6.45) is 1.26. The van der Waals surface area contributed by atoms with Gasteiger partial charge in [-0.25, -0.2) is 4.98 Å². The van der Waals surface area contributed by atoms with Crippen LogP contribution in [0.15, 0.2) is 52.5 Å². The molecule has 0 fully saturated rings. The molecule has 2 nitrogen and oxygen atoms in total. The Morgan fingerprint density at radius 2 is 1.75 bits per heavy atom. The maximum atomic E-state index is 9.78. The fourth-order valence-corrected chi connectivity index (χ4v) is 2.91. The zero-order valence-electron chi connectivity index (χ0n) is 12.4.